The van der Waals surface area contributed by atoms with E-state index in [1.54, 1.807) is 54.2 Å². The molecule has 2 amide bonds. The summed E-state index contributed by atoms with van der Waals surface area (Å²) in [7, 11) is 0.501. The maximum atomic E-state index is 12.7. The molecule has 8 nitrogen and oxygen atoms in total. The number of nitrogens with zero attached hydrogens (tertiary/aromatic N) is 2. The molecule has 1 aliphatic carbocycles. The fourth-order valence-electron chi connectivity index (χ4n) is 3.57. The van der Waals surface area contributed by atoms with Gasteiger partial charge < -0.3 is 15.4 Å². The Kier molecular flexibility index (Phi) is 7.48. The Hall–Kier alpha value is -3.69. The molecule has 10 heteroatoms. The third-order valence-corrected chi connectivity index (χ3v) is 6.17. The van der Waals surface area contributed by atoms with Crippen molar-refractivity contribution >= 4 is 51.6 Å². The smallest absolute Gasteiger partial charge is 0.256 e. The van der Waals surface area contributed by atoms with E-state index < -0.39 is 11.0 Å². The number of amides is 2. The molecule has 0 fully saturated rings. The number of carbonyl (C=O) groups is 2. The number of aromatic nitrogens is 2. The molecule has 1 aliphatic rings. The number of anilines is 3. The predicted molar refractivity (Wildman–Crippen MR) is 141 cm³/mol. The van der Waals surface area contributed by atoms with E-state index in [0.717, 1.165) is 18.4 Å². The number of hydrogen-bond donors (Lipinski definition) is 3. The van der Waals surface area contributed by atoms with E-state index in [9.17, 15) is 13.8 Å². The van der Waals surface area contributed by atoms with Crippen LogP contribution in [-0.4, -0.2) is 32.1 Å². The molecule has 0 spiro atoms. The number of rotatable bonds is 7. The topological polar surface area (TPSA) is 105 Å². The van der Waals surface area contributed by atoms with Crippen molar-refractivity contribution in [3.8, 4) is 11.3 Å². The van der Waals surface area contributed by atoms with Crippen molar-refractivity contribution in [1.29, 1.82) is 0 Å². The first-order valence-electron chi connectivity index (χ1n) is 10.8. The molecule has 3 N–H and O–H groups in total. The van der Waals surface area contributed by atoms with Gasteiger partial charge in [-0.1, -0.05) is 42.0 Å². The van der Waals surface area contributed by atoms with Gasteiger partial charge in [0.15, 0.2) is 0 Å². The highest BCUT2D eigenvalue weighted by atomic mass is 35.5. The zero-order valence-electron chi connectivity index (χ0n) is 19.2. The van der Waals surface area contributed by atoms with Gasteiger partial charge in [-0.15, -0.1) is 0 Å². The molecule has 0 radical (unpaired) electrons. The summed E-state index contributed by atoms with van der Waals surface area (Å²) in [5, 5.41) is 10.7. The largest absolute Gasteiger partial charge is 0.322 e. The van der Waals surface area contributed by atoms with Crippen molar-refractivity contribution in [1.82, 2.24) is 9.78 Å². The van der Waals surface area contributed by atoms with E-state index in [0.29, 0.717) is 39.1 Å². The molecule has 0 bridgehead atoms. The zero-order chi connectivity index (χ0) is 24.9. The maximum absolute atomic E-state index is 12.7. The van der Waals surface area contributed by atoms with Gasteiger partial charge in [0.2, 0.25) is 0 Å². The van der Waals surface area contributed by atoms with E-state index in [1.807, 2.05) is 24.3 Å². The van der Waals surface area contributed by atoms with Crippen LogP contribution in [-0.2, 0) is 22.8 Å². The van der Waals surface area contributed by atoms with E-state index in [-0.39, 0.29) is 11.8 Å². The van der Waals surface area contributed by atoms with Crippen LogP contribution in [0.2, 0.25) is 0 Å². The highest BCUT2D eigenvalue weighted by Gasteiger charge is 2.16. The molecular formula is C25H24ClN5O3S. The number of benzene rings is 2. The number of allylic oxidation sites excluding steroid dienone is 2. The molecular weight excluding hydrogens is 486 g/mol. The third kappa shape index (κ3) is 6.06. The highest BCUT2D eigenvalue weighted by Crippen LogP contribution is 2.26. The fourth-order valence-corrected chi connectivity index (χ4v) is 4.30. The van der Waals surface area contributed by atoms with E-state index >= 15 is 0 Å². The van der Waals surface area contributed by atoms with Crippen LogP contribution in [0.1, 0.15) is 23.2 Å². The summed E-state index contributed by atoms with van der Waals surface area (Å²) in [4.78, 5) is 25.2. The van der Waals surface area contributed by atoms with Crippen LogP contribution in [0.3, 0.4) is 0 Å². The molecule has 0 saturated carbocycles. The van der Waals surface area contributed by atoms with Gasteiger partial charge in [-0.25, -0.2) is 4.21 Å². The van der Waals surface area contributed by atoms with Crippen molar-refractivity contribution in [3.63, 3.8) is 0 Å². The standard InChI is InChI=1S/C25H24ClN5O3S/c1-31-23(28-24(32)17-6-5-7-19(14-17)30-35(2)34)15-22(29-31)16-10-12-18(13-11-16)27-25(33)20-8-3-4-9-21(20)26/h5-15,30H,3-4H2,1-2H3,(H,27,33)(H,28,32). The number of halogens is 1. The summed E-state index contributed by atoms with van der Waals surface area (Å²) >= 11 is 6.14. The van der Waals surface area contributed by atoms with Crippen LogP contribution in [0.4, 0.5) is 17.2 Å². The first-order valence-corrected chi connectivity index (χ1v) is 12.8. The fraction of sp³-hybridized carbons (Fsp3) is 0.160. The SMILES string of the molecule is Cn1nc(-c2ccc(NC(=O)C3=CCCC=C3Cl)cc2)cc1NC(=O)c1cccc(NS(C)=O)c1. The molecule has 1 atom stereocenters. The minimum atomic E-state index is -1.24. The molecule has 1 heterocycles. The van der Waals surface area contributed by atoms with Crippen molar-refractivity contribution in [3.05, 3.63) is 82.9 Å². The molecule has 180 valence electrons. The van der Waals surface area contributed by atoms with Crippen LogP contribution < -0.4 is 15.4 Å². The maximum Gasteiger partial charge on any atom is 0.256 e. The molecule has 0 aliphatic heterocycles. The zero-order valence-corrected chi connectivity index (χ0v) is 20.7. The van der Waals surface area contributed by atoms with Gasteiger partial charge in [0.05, 0.1) is 11.3 Å². The summed E-state index contributed by atoms with van der Waals surface area (Å²) in [5.41, 5.74) is 3.63. The van der Waals surface area contributed by atoms with Gasteiger partial charge in [-0.2, -0.15) is 5.10 Å². The van der Waals surface area contributed by atoms with Crippen LogP contribution in [0.15, 0.2) is 77.4 Å². The lowest BCUT2D eigenvalue weighted by molar-refractivity contribution is -0.112. The van der Waals surface area contributed by atoms with Gasteiger partial charge >= 0.3 is 0 Å². The molecule has 1 aromatic heterocycles. The summed E-state index contributed by atoms with van der Waals surface area (Å²) in [5.74, 6) is -0.0377. The second-order valence-corrected chi connectivity index (χ2v) is 9.43. The molecule has 2 aromatic carbocycles. The second-order valence-electron chi connectivity index (χ2n) is 7.91. The summed E-state index contributed by atoms with van der Waals surface area (Å²) in [6.45, 7) is 0. The van der Waals surface area contributed by atoms with Crippen LogP contribution in [0.25, 0.3) is 11.3 Å². The number of aryl methyl sites for hydroxylation is 1. The van der Waals surface area contributed by atoms with Crippen molar-refractivity contribution < 1.29 is 13.8 Å². The average molecular weight is 510 g/mol. The molecule has 3 aromatic rings. The minimum Gasteiger partial charge on any atom is -0.322 e. The van der Waals surface area contributed by atoms with E-state index in [2.05, 4.69) is 20.5 Å². The lowest BCUT2D eigenvalue weighted by Crippen LogP contribution is -2.15. The minimum absolute atomic E-state index is 0.244. The number of nitrogens with one attached hydrogen (secondary N) is 3. The third-order valence-electron chi connectivity index (χ3n) is 5.29. The van der Waals surface area contributed by atoms with Crippen LogP contribution in [0.5, 0.6) is 0 Å². The first kappa shape index (κ1) is 24.4. The molecule has 35 heavy (non-hydrogen) atoms. The Bertz CT molecular complexity index is 1360. The van der Waals surface area contributed by atoms with E-state index in [4.69, 9.17) is 11.6 Å². The Morgan fingerprint density at radius 3 is 2.43 bits per heavy atom. The van der Waals surface area contributed by atoms with Gasteiger partial charge in [-0.3, -0.25) is 14.3 Å². The monoisotopic (exact) mass is 509 g/mol. The van der Waals surface area contributed by atoms with Crippen LogP contribution in [0, 0.1) is 0 Å². The Balaban J connectivity index is 1.44. The molecule has 1 unspecified atom stereocenters. The molecule has 0 saturated heterocycles. The van der Waals surface area contributed by atoms with Gasteiger partial charge in [-0.05, 0) is 43.2 Å². The highest BCUT2D eigenvalue weighted by molar-refractivity contribution is 7.85. The van der Waals surface area contributed by atoms with Crippen LogP contribution >= 0.6 is 11.6 Å². The first-order chi connectivity index (χ1) is 16.8. The summed E-state index contributed by atoms with van der Waals surface area (Å²) in [6.07, 6.45) is 6.83. The summed E-state index contributed by atoms with van der Waals surface area (Å²) < 4.78 is 15.7. The number of carbonyl (C=O) groups excluding carboxylic acids is 2. The van der Waals surface area contributed by atoms with Gasteiger partial charge in [0.1, 0.15) is 16.8 Å². The summed E-state index contributed by atoms with van der Waals surface area (Å²) in [6, 6.07) is 15.8. The van der Waals surface area contributed by atoms with Gasteiger partial charge in [0.25, 0.3) is 11.8 Å². The van der Waals surface area contributed by atoms with Crippen molar-refractivity contribution in [2.45, 2.75) is 12.8 Å². The average Bonchev–Trinajstić information content (AvgIpc) is 3.19. The normalized spacial score (nSPS) is 13.9. The lowest BCUT2D eigenvalue weighted by atomic mass is 10.1. The lowest BCUT2D eigenvalue weighted by Gasteiger charge is -2.11. The molecule has 4 rings (SSSR count). The quantitative estimate of drug-likeness (QED) is 0.424. The second kappa shape index (κ2) is 10.7. The predicted octanol–water partition coefficient (Wildman–Crippen LogP) is 4.83. The van der Waals surface area contributed by atoms with E-state index in [1.165, 1.54) is 6.26 Å². The Morgan fingerprint density at radius 1 is 0.971 bits per heavy atom. The Morgan fingerprint density at radius 2 is 1.71 bits per heavy atom. The number of hydrogen-bond acceptors (Lipinski definition) is 4. The van der Waals surface area contributed by atoms with Crippen molar-refractivity contribution in [2.24, 2.45) is 7.05 Å². The van der Waals surface area contributed by atoms with Gasteiger partial charge in [0, 0.05) is 46.9 Å². The Labute approximate surface area is 210 Å². The van der Waals surface area contributed by atoms with Crippen molar-refractivity contribution in [2.75, 3.05) is 21.6 Å².